The zero-order valence-electron chi connectivity index (χ0n) is 12.8. The van der Waals surface area contributed by atoms with E-state index in [1.165, 1.54) is 6.33 Å². The molecule has 0 fully saturated rings. The van der Waals surface area contributed by atoms with E-state index in [1.807, 2.05) is 55.3 Å². The van der Waals surface area contributed by atoms with Crippen molar-refractivity contribution in [3.05, 3.63) is 42.7 Å². The van der Waals surface area contributed by atoms with Crippen molar-refractivity contribution in [2.75, 3.05) is 29.9 Å². The van der Waals surface area contributed by atoms with Crippen LogP contribution in [0.15, 0.2) is 42.7 Å². The van der Waals surface area contributed by atoms with Gasteiger partial charge in [-0.15, -0.1) is 0 Å². The average Bonchev–Trinajstić information content (AvgIpc) is 2.54. The lowest BCUT2D eigenvalue weighted by molar-refractivity contribution is -0.135. The molecule has 0 unspecified atom stereocenters. The maximum Gasteiger partial charge on any atom is 0.323 e. The number of hydrogen-bond donors (Lipinski definition) is 1. The van der Waals surface area contributed by atoms with Crippen LogP contribution < -0.4 is 9.80 Å². The van der Waals surface area contributed by atoms with E-state index in [0.29, 0.717) is 12.4 Å². The summed E-state index contributed by atoms with van der Waals surface area (Å²) in [6.07, 6.45) is 2.32. The zero-order chi connectivity index (χ0) is 15.9. The Morgan fingerprint density at radius 3 is 2.50 bits per heavy atom. The molecule has 2 rings (SSSR count). The first-order chi connectivity index (χ1) is 10.6. The van der Waals surface area contributed by atoms with Gasteiger partial charge in [-0.2, -0.15) is 0 Å². The van der Waals surface area contributed by atoms with Gasteiger partial charge in [0.25, 0.3) is 0 Å². The molecule has 6 nitrogen and oxygen atoms in total. The van der Waals surface area contributed by atoms with Crippen molar-refractivity contribution in [1.82, 2.24) is 9.97 Å². The van der Waals surface area contributed by atoms with E-state index < -0.39 is 5.97 Å². The van der Waals surface area contributed by atoms with Crippen molar-refractivity contribution >= 4 is 23.3 Å². The highest BCUT2D eigenvalue weighted by Gasteiger charge is 2.13. The van der Waals surface area contributed by atoms with Crippen molar-refractivity contribution in [3.8, 4) is 0 Å². The minimum atomic E-state index is -0.870. The molecule has 0 atom stereocenters. The Hall–Kier alpha value is -2.63. The number of carbonyl (C=O) groups is 1. The van der Waals surface area contributed by atoms with Gasteiger partial charge in [-0.05, 0) is 18.6 Å². The Balaban J connectivity index is 2.26. The highest BCUT2D eigenvalue weighted by molar-refractivity contribution is 5.73. The molecular weight excluding hydrogens is 280 g/mol. The smallest absolute Gasteiger partial charge is 0.323 e. The van der Waals surface area contributed by atoms with Crippen LogP contribution in [-0.2, 0) is 4.79 Å². The molecule has 0 radical (unpaired) electrons. The molecule has 0 bridgehead atoms. The van der Waals surface area contributed by atoms with Crippen LogP contribution in [0.25, 0.3) is 0 Å². The number of hydrogen-bond acceptors (Lipinski definition) is 5. The van der Waals surface area contributed by atoms with Gasteiger partial charge in [0.2, 0.25) is 0 Å². The minimum absolute atomic E-state index is 0.0701. The summed E-state index contributed by atoms with van der Waals surface area (Å²) in [4.78, 5) is 23.2. The molecule has 0 saturated heterocycles. The molecule has 1 aromatic carbocycles. The summed E-state index contributed by atoms with van der Waals surface area (Å²) in [5, 5.41) is 9.03. The molecule has 0 amide bonds. The van der Waals surface area contributed by atoms with Crippen LogP contribution in [0, 0.1) is 0 Å². The van der Waals surface area contributed by atoms with E-state index in [9.17, 15) is 4.79 Å². The third-order valence-corrected chi connectivity index (χ3v) is 3.27. The Labute approximate surface area is 130 Å². The van der Waals surface area contributed by atoms with Gasteiger partial charge in [0.1, 0.15) is 24.5 Å². The van der Waals surface area contributed by atoms with Crippen molar-refractivity contribution < 1.29 is 9.90 Å². The summed E-state index contributed by atoms with van der Waals surface area (Å²) in [6.45, 7) is 2.57. The van der Waals surface area contributed by atoms with Gasteiger partial charge >= 0.3 is 5.97 Å². The summed E-state index contributed by atoms with van der Waals surface area (Å²) in [5.41, 5.74) is 1.01. The third kappa shape index (κ3) is 3.94. The minimum Gasteiger partial charge on any atom is -0.480 e. The van der Waals surface area contributed by atoms with Gasteiger partial charge in [0.05, 0.1) is 0 Å². The van der Waals surface area contributed by atoms with E-state index in [0.717, 1.165) is 17.9 Å². The van der Waals surface area contributed by atoms with Crippen LogP contribution in [0.4, 0.5) is 17.3 Å². The molecule has 6 heteroatoms. The Bertz CT molecular complexity index is 619. The highest BCUT2D eigenvalue weighted by Crippen LogP contribution is 2.23. The van der Waals surface area contributed by atoms with Gasteiger partial charge < -0.3 is 14.9 Å². The topological polar surface area (TPSA) is 69.6 Å². The number of carboxylic acid groups (broad SMARTS) is 1. The second-order valence-corrected chi connectivity index (χ2v) is 4.94. The normalized spacial score (nSPS) is 10.3. The second kappa shape index (κ2) is 7.40. The van der Waals surface area contributed by atoms with Crippen LogP contribution in [0.3, 0.4) is 0 Å². The quantitative estimate of drug-likeness (QED) is 0.847. The number of nitrogens with zero attached hydrogens (tertiary/aromatic N) is 4. The zero-order valence-corrected chi connectivity index (χ0v) is 12.8. The fourth-order valence-corrected chi connectivity index (χ4v) is 2.19. The summed E-state index contributed by atoms with van der Waals surface area (Å²) in [5.74, 6) is 0.477. The summed E-state index contributed by atoms with van der Waals surface area (Å²) in [7, 11) is 1.92. The van der Waals surface area contributed by atoms with Crippen LogP contribution >= 0.6 is 0 Å². The van der Waals surface area contributed by atoms with Crippen LogP contribution in [-0.4, -0.2) is 41.2 Å². The lowest BCUT2D eigenvalue weighted by Gasteiger charge is -2.23. The molecule has 0 spiro atoms. The molecule has 2 aromatic rings. The molecule has 1 heterocycles. The lowest BCUT2D eigenvalue weighted by atomic mass is 10.3. The number of anilines is 3. The SMILES string of the molecule is CCCN(CC(=O)O)c1cc(N(C)c2ccccc2)ncn1. The number of aliphatic carboxylic acids is 1. The van der Waals surface area contributed by atoms with Gasteiger partial charge in [0, 0.05) is 25.3 Å². The van der Waals surface area contributed by atoms with Crippen LogP contribution in [0.5, 0.6) is 0 Å². The predicted octanol–water partition coefficient (Wildman–Crippen LogP) is 2.55. The number of para-hydroxylation sites is 1. The van der Waals surface area contributed by atoms with Crippen molar-refractivity contribution in [3.63, 3.8) is 0 Å². The Morgan fingerprint density at radius 2 is 1.86 bits per heavy atom. The van der Waals surface area contributed by atoms with E-state index in [2.05, 4.69) is 9.97 Å². The van der Waals surface area contributed by atoms with Gasteiger partial charge in [-0.25, -0.2) is 9.97 Å². The van der Waals surface area contributed by atoms with E-state index in [4.69, 9.17) is 5.11 Å². The molecule has 0 aliphatic carbocycles. The van der Waals surface area contributed by atoms with E-state index in [-0.39, 0.29) is 6.54 Å². The van der Waals surface area contributed by atoms with Crippen LogP contribution in [0.2, 0.25) is 0 Å². The predicted molar refractivity (Wildman–Crippen MR) is 86.7 cm³/mol. The molecule has 22 heavy (non-hydrogen) atoms. The Morgan fingerprint density at radius 1 is 1.18 bits per heavy atom. The van der Waals surface area contributed by atoms with Gasteiger partial charge in [-0.3, -0.25) is 4.79 Å². The van der Waals surface area contributed by atoms with E-state index in [1.54, 1.807) is 4.90 Å². The third-order valence-electron chi connectivity index (χ3n) is 3.27. The maximum absolute atomic E-state index is 11.0. The number of rotatable bonds is 7. The van der Waals surface area contributed by atoms with Gasteiger partial charge in [-0.1, -0.05) is 25.1 Å². The largest absolute Gasteiger partial charge is 0.480 e. The molecule has 0 aliphatic heterocycles. The molecule has 0 aliphatic rings. The molecule has 1 N–H and O–H groups in total. The maximum atomic E-state index is 11.0. The first-order valence-corrected chi connectivity index (χ1v) is 7.19. The number of aromatic nitrogens is 2. The van der Waals surface area contributed by atoms with E-state index >= 15 is 0 Å². The fraction of sp³-hybridized carbons (Fsp3) is 0.312. The molecule has 0 saturated carbocycles. The fourth-order valence-electron chi connectivity index (χ4n) is 2.19. The number of benzene rings is 1. The molecule has 116 valence electrons. The second-order valence-electron chi connectivity index (χ2n) is 4.94. The first kappa shape index (κ1) is 15.8. The summed E-state index contributed by atoms with van der Waals surface area (Å²) in [6, 6.07) is 11.7. The monoisotopic (exact) mass is 300 g/mol. The van der Waals surface area contributed by atoms with Crippen molar-refractivity contribution in [2.24, 2.45) is 0 Å². The van der Waals surface area contributed by atoms with Crippen molar-refractivity contribution in [1.29, 1.82) is 0 Å². The van der Waals surface area contributed by atoms with Crippen molar-refractivity contribution in [2.45, 2.75) is 13.3 Å². The summed E-state index contributed by atoms with van der Waals surface area (Å²) < 4.78 is 0. The number of carboxylic acids is 1. The van der Waals surface area contributed by atoms with Gasteiger partial charge in [0.15, 0.2) is 0 Å². The average molecular weight is 300 g/mol. The molecule has 1 aromatic heterocycles. The lowest BCUT2D eigenvalue weighted by Crippen LogP contribution is -2.31. The summed E-state index contributed by atoms with van der Waals surface area (Å²) >= 11 is 0. The van der Waals surface area contributed by atoms with Crippen LogP contribution in [0.1, 0.15) is 13.3 Å². The standard InChI is InChI=1S/C16H20N4O2/c1-3-9-20(11-16(21)22)15-10-14(17-12-18-15)19(2)13-7-5-4-6-8-13/h4-8,10,12H,3,9,11H2,1-2H3,(H,21,22). The first-order valence-electron chi connectivity index (χ1n) is 7.19. The Kier molecular flexibility index (Phi) is 5.30. The molecular formula is C16H20N4O2. The highest BCUT2D eigenvalue weighted by atomic mass is 16.4.